The molecule has 94 valence electrons. The van der Waals surface area contributed by atoms with E-state index in [1.807, 2.05) is 29.8 Å². The van der Waals surface area contributed by atoms with Gasteiger partial charge >= 0.3 is 5.97 Å². The molecule has 0 atom stereocenters. The summed E-state index contributed by atoms with van der Waals surface area (Å²) in [5, 5.41) is 0. The van der Waals surface area contributed by atoms with Gasteiger partial charge in [-0.2, -0.15) is 0 Å². The van der Waals surface area contributed by atoms with Crippen LogP contribution >= 0.6 is 0 Å². The van der Waals surface area contributed by atoms with E-state index in [1.54, 1.807) is 0 Å². The minimum Gasteiger partial charge on any atom is -0.461 e. The van der Waals surface area contributed by atoms with Crippen molar-refractivity contribution in [3.63, 3.8) is 0 Å². The standard InChI is InChI=1S/C13H19NO3/c1-2-17-13(15)12-4-3-7-14(12)10-11-5-8-16-9-6-11/h3-4,7,11H,2,5-6,8-10H2,1H3. The zero-order valence-electron chi connectivity index (χ0n) is 10.2. The van der Waals surface area contributed by atoms with Gasteiger partial charge in [-0.3, -0.25) is 0 Å². The Morgan fingerprint density at radius 3 is 3.00 bits per heavy atom. The Bertz CT molecular complexity index is 366. The maximum atomic E-state index is 11.7. The molecule has 17 heavy (non-hydrogen) atoms. The second-order valence-electron chi connectivity index (χ2n) is 4.32. The number of hydrogen-bond donors (Lipinski definition) is 0. The summed E-state index contributed by atoms with van der Waals surface area (Å²) in [7, 11) is 0. The summed E-state index contributed by atoms with van der Waals surface area (Å²) in [6, 6.07) is 3.71. The minimum absolute atomic E-state index is 0.232. The fourth-order valence-corrected chi connectivity index (χ4v) is 2.17. The minimum atomic E-state index is -0.232. The Kier molecular flexibility index (Phi) is 4.20. The molecule has 0 radical (unpaired) electrons. The van der Waals surface area contributed by atoms with Gasteiger partial charge in [0.2, 0.25) is 0 Å². The molecule has 4 heteroatoms. The molecule has 0 aromatic carbocycles. The summed E-state index contributed by atoms with van der Waals surface area (Å²) in [5.41, 5.74) is 0.651. The lowest BCUT2D eigenvalue weighted by molar-refractivity contribution is 0.0497. The highest BCUT2D eigenvalue weighted by Crippen LogP contribution is 2.18. The Morgan fingerprint density at radius 2 is 2.29 bits per heavy atom. The lowest BCUT2D eigenvalue weighted by atomic mass is 10.0. The molecular weight excluding hydrogens is 218 g/mol. The molecule has 4 nitrogen and oxygen atoms in total. The van der Waals surface area contributed by atoms with E-state index in [2.05, 4.69) is 0 Å². The first-order valence-electron chi connectivity index (χ1n) is 6.21. The number of nitrogens with zero attached hydrogens (tertiary/aromatic N) is 1. The van der Waals surface area contributed by atoms with Crippen LogP contribution in [0.2, 0.25) is 0 Å². The van der Waals surface area contributed by atoms with Gasteiger partial charge in [0, 0.05) is 26.0 Å². The van der Waals surface area contributed by atoms with E-state index >= 15 is 0 Å². The Labute approximate surface area is 102 Å². The average molecular weight is 237 g/mol. The van der Waals surface area contributed by atoms with Crippen LogP contribution in [0.1, 0.15) is 30.3 Å². The highest BCUT2D eigenvalue weighted by Gasteiger charge is 2.17. The van der Waals surface area contributed by atoms with E-state index in [0.717, 1.165) is 32.6 Å². The van der Waals surface area contributed by atoms with Crippen molar-refractivity contribution in [2.45, 2.75) is 26.3 Å². The summed E-state index contributed by atoms with van der Waals surface area (Å²) in [5.74, 6) is 0.369. The van der Waals surface area contributed by atoms with Crippen LogP contribution in [0.5, 0.6) is 0 Å². The fourth-order valence-electron chi connectivity index (χ4n) is 2.17. The van der Waals surface area contributed by atoms with Crippen molar-refractivity contribution in [3.05, 3.63) is 24.0 Å². The SMILES string of the molecule is CCOC(=O)c1cccn1CC1CCOCC1. The lowest BCUT2D eigenvalue weighted by Gasteiger charge is -2.23. The predicted molar refractivity (Wildman–Crippen MR) is 63.9 cm³/mol. The Balaban J connectivity index is 2.00. The molecule has 0 spiro atoms. The average Bonchev–Trinajstić information content (AvgIpc) is 2.79. The number of rotatable bonds is 4. The molecule has 1 aromatic rings. The van der Waals surface area contributed by atoms with Crippen molar-refractivity contribution in [2.75, 3.05) is 19.8 Å². The predicted octanol–water partition coefficient (Wildman–Crippen LogP) is 2.09. The smallest absolute Gasteiger partial charge is 0.354 e. The van der Waals surface area contributed by atoms with E-state index < -0.39 is 0 Å². The zero-order chi connectivity index (χ0) is 12.1. The van der Waals surface area contributed by atoms with Crippen LogP contribution in [0.25, 0.3) is 0 Å². The lowest BCUT2D eigenvalue weighted by Crippen LogP contribution is -2.22. The molecule has 1 aliphatic heterocycles. The van der Waals surface area contributed by atoms with E-state index in [0.29, 0.717) is 18.2 Å². The van der Waals surface area contributed by atoms with Crippen LogP contribution in [0.3, 0.4) is 0 Å². The normalized spacial score (nSPS) is 17.0. The maximum absolute atomic E-state index is 11.7. The van der Waals surface area contributed by atoms with Gasteiger partial charge in [0.15, 0.2) is 0 Å². The summed E-state index contributed by atoms with van der Waals surface area (Å²) < 4.78 is 12.4. The molecule has 0 amide bonds. The van der Waals surface area contributed by atoms with Crippen LogP contribution in [0, 0.1) is 5.92 Å². The molecule has 0 aliphatic carbocycles. The van der Waals surface area contributed by atoms with E-state index in [9.17, 15) is 4.79 Å². The molecule has 0 saturated carbocycles. The van der Waals surface area contributed by atoms with Gasteiger partial charge in [0.1, 0.15) is 5.69 Å². The van der Waals surface area contributed by atoms with Crippen molar-refractivity contribution >= 4 is 5.97 Å². The quantitative estimate of drug-likeness (QED) is 0.753. The van der Waals surface area contributed by atoms with Crippen molar-refractivity contribution in [3.8, 4) is 0 Å². The number of hydrogen-bond acceptors (Lipinski definition) is 3. The third-order valence-corrected chi connectivity index (χ3v) is 3.11. The number of ether oxygens (including phenoxy) is 2. The molecule has 1 fully saturated rings. The summed E-state index contributed by atoms with van der Waals surface area (Å²) in [4.78, 5) is 11.7. The first-order valence-corrected chi connectivity index (χ1v) is 6.21. The molecule has 0 unspecified atom stereocenters. The summed E-state index contributed by atoms with van der Waals surface area (Å²) >= 11 is 0. The first kappa shape index (κ1) is 12.2. The Morgan fingerprint density at radius 1 is 1.53 bits per heavy atom. The molecule has 1 saturated heterocycles. The second-order valence-corrected chi connectivity index (χ2v) is 4.32. The van der Waals surface area contributed by atoms with Gasteiger partial charge in [-0.1, -0.05) is 0 Å². The highest BCUT2D eigenvalue weighted by atomic mass is 16.5. The summed E-state index contributed by atoms with van der Waals surface area (Å²) in [6.07, 6.45) is 4.09. The van der Waals surface area contributed by atoms with E-state index in [1.165, 1.54) is 0 Å². The fraction of sp³-hybridized carbons (Fsp3) is 0.615. The van der Waals surface area contributed by atoms with Crippen LogP contribution in [0.4, 0.5) is 0 Å². The van der Waals surface area contributed by atoms with Crippen LogP contribution in [-0.2, 0) is 16.0 Å². The van der Waals surface area contributed by atoms with Crippen LogP contribution in [-0.4, -0.2) is 30.4 Å². The van der Waals surface area contributed by atoms with Gasteiger partial charge in [0.25, 0.3) is 0 Å². The Hall–Kier alpha value is -1.29. The largest absolute Gasteiger partial charge is 0.461 e. The molecule has 2 heterocycles. The number of aromatic nitrogens is 1. The first-order chi connectivity index (χ1) is 8.31. The monoisotopic (exact) mass is 237 g/mol. The van der Waals surface area contributed by atoms with Crippen molar-refractivity contribution in [1.29, 1.82) is 0 Å². The van der Waals surface area contributed by atoms with Crippen LogP contribution < -0.4 is 0 Å². The van der Waals surface area contributed by atoms with Gasteiger partial charge in [-0.05, 0) is 37.8 Å². The number of esters is 1. The van der Waals surface area contributed by atoms with Gasteiger partial charge in [0.05, 0.1) is 6.61 Å². The van der Waals surface area contributed by atoms with Gasteiger partial charge in [-0.15, -0.1) is 0 Å². The topological polar surface area (TPSA) is 40.5 Å². The number of carbonyl (C=O) groups is 1. The number of carbonyl (C=O) groups excluding carboxylic acids is 1. The molecule has 0 bridgehead atoms. The van der Waals surface area contributed by atoms with Gasteiger partial charge < -0.3 is 14.0 Å². The maximum Gasteiger partial charge on any atom is 0.354 e. The highest BCUT2D eigenvalue weighted by molar-refractivity contribution is 5.87. The van der Waals surface area contributed by atoms with Crippen molar-refractivity contribution < 1.29 is 14.3 Å². The molecular formula is C13H19NO3. The third kappa shape index (κ3) is 3.09. The summed E-state index contributed by atoms with van der Waals surface area (Å²) in [6.45, 7) is 4.79. The molecule has 2 rings (SSSR count). The molecule has 0 N–H and O–H groups in total. The van der Waals surface area contributed by atoms with E-state index in [-0.39, 0.29) is 5.97 Å². The van der Waals surface area contributed by atoms with Gasteiger partial charge in [-0.25, -0.2) is 4.79 Å². The van der Waals surface area contributed by atoms with Crippen LogP contribution in [0.15, 0.2) is 18.3 Å². The molecule has 1 aromatic heterocycles. The second kappa shape index (κ2) is 5.87. The third-order valence-electron chi connectivity index (χ3n) is 3.11. The van der Waals surface area contributed by atoms with Crippen molar-refractivity contribution in [1.82, 2.24) is 4.57 Å². The van der Waals surface area contributed by atoms with Crippen molar-refractivity contribution in [2.24, 2.45) is 5.92 Å². The zero-order valence-corrected chi connectivity index (χ0v) is 10.2. The van der Waals surface area contributed by atoms with E-state index in [4.69, 9.17) is 9.47 Å². The molecule has 1 aliphatic rings.